The average molecular weight is 434 g/mol. The summed E-state index contributed by atoms with van der Waals surface area (Å²) in [5.41, 5.74) is 3.47. The molecule has 0 unspecified atom stereocenters. The fourth-order valence-corrected chi connectivity index (χ4v) is 3.88. The van der Waals surface area contributed by atoms with Crippen molar-refractivity contribution < 1.29 is 19.0 Å². The topological polar surface area (TPSA) is 97.6 Å². The van der Waals surface area contributed by atoms with Gasteiger partial charge in [0.25, 0.3) is 5.91 Å². The zero-order valence-corrected chi connectivity index (χ0v) is 18.6. The number of ether oxygens (including phenoxy) is 3. The normalized spacial score (nSPS) is 15.2. The molecule has 0 radical (unpaired) electrons. The monoisotopic (exact) mass is 434 g/mol. The van der Waals surface area contributed by atoms with Gasteiger partial charge in [0.1, 0.15) is 11.6 Å². The van der Waals surface area contributed by atoms with Gasteiger partial charge in [-0.2, -0.15) is 10.2 Å². The maximum Gasteiger partial charge on any atom is 0.254 e. The van der Waals surface area contributed by atoms with Gasteiger partial charge in [-0.25, -0.2) is 4.98 Å². The standard InChI is InChI=1S/C24H26N4O4/c1-15(2)32-23-22-18(14-25)6-7-19(22)26-21(27-23)13-16-4-5-17(12-20(16)30-3)24(29)28-8-10-31-11-9-28/h4-6,12,15H,7-11,13H2,1-3H3. The predicted molar refractivity (Wildman–Crippen MR) is 118 cm³/mol. The summed E-state index contributed by atoms with van der Waals surface area (Å²) in [6.07, 6.45) is 2.76. The Kier molecular flexibility index (Phi) is 6.37. The van der Waals surface area contributed by atoms with Gasteiger partial charge in [-0.15, -0.1) is 0 Å². The molecule has 1 aromatic carbocycles. The molecule has 8 heteroatoms. The molecule has 0 atom stereocenters. The minimum Gasteiger partial charge on any atom is -0.496 e. The Morgan fingerprint density at radius 2 is 2.06 bits per heavy atom. The Morgan fingerprint density at radius 3 is 2.75 bits per heavy atom. The number of carbonyl (C=O) groups is 1. The molecular formula is C24H26N4O4. The van der Waals surface area contributed by atoms with Crippen molar-refractivity contribution in [1.82, 2.24) is 14.9 Å². The van der Waals surface area contributed by atoms with Crippen LogP contribution in [0.1, 0.15) is 46.9 Å². The predicted octanol–water partition coefficient (Wildman–Crippen LogP) is 2.80. The number of benzene rings is 1. The number of hydrogen-bond acceptors (Lipinski definition) is 7. The van der Waals surface area contributed by atoms with E-state index >= 15 is 0 Å². The molecular weight excluding hydrogens is 408 g/mol. The van der Waals surface area contributed by atoms with Crippen molar-refractivity contribution in [3.8, 4) is 17.7 Å². The Balaban J connectivity index is 1.61. The molecule has 8 nitrogen and oxygen atoms in total. The number of nitriles is 1. The highest BCUT2D eigenvalue weighted by molar-refractivity contribution is 5.94. The lowest BCUT2D eigenvalue weighted by Crippen LogP contribution is -2.40. The third kappa shape index (κ3) is 4.43. The number of amides is 1. The van der Waals surface area contributed by atoms with Crippen molar-refractivity contribution in [2.75, 3.05) is 33.4 Å². The summed E-state index contributed by atoms with van der Waals surface area (Å²) in [7, 11) is 1.59. The molecule has 0 N–H and O–H groups in total. The molecule has 0 bridgehead atoms. The van der Waals surface area contributed by atoms with Crippen LogP contribution in [0.15, 0.2) is 24.3 Å². The largest absolute Gasteiger partial charge is 0.496 e. The van der Waals surface area contributed by atoms with Crippen LogP contribution in [0.4, 0.5) is 0 Å². The van der Waals surface area contributed by atoms with Gasteiger partial charge in [-0.3, -0.25) is 4.79 Å². The Morgan fingerprint density at radius 1 is 1.28 bits per heavy atom. The molecule has 1 aromatic heterocycles. The second kappa shape index (κ2) is 9.37. The van der Waals surface area contributed by atoms with Crippen LogP contribution in [0.5, 0.6) is 11.6 Å². The third-order valence-corrected chi connectivity index (χ3v) is 5.41. The smallest absolute Gasteiger partial charge is 0.254 e. The average Bonchev–Trinajstić information content (AvgIpc) is 3.22. The molecule has 2 aromatic rings. The van der Waals surface area contributed by atoms with E-state index in [-0.39, 0.29) is 12.0 Å². The highest BCUT2D eigenvalue weighted by atomic mass is 16.5. The van der Waals surface area contributed by atoms with E-state index < -0.39 is 0 Å². The lowest BCUT2D eigenvalue weighted by Gasteiger charge is -2.27. The number of morpholine rings is 1. The lowest BCUT2D eigenvalue weighted by molar-refractivity contribution is 0.0302. The number of hydrogen-bond donors (Lipinski definition) is 0. The van der Waals surface area contributed by atoms with E-state index in [4.69, 9.17) is 14.2 Å². The highest BCUT2D eigenvalue weighted by Crippen LogP contribution is 2.34. The number of rotatable bonds is 6. The number of fused-ring (bicyclic) bond motifs is 1. The molecule has 4 rings (SSSR count). The number of nitrogens with zero attached hydrogens (tertiary/aromatic N) is 4. The van der Waals surface area contributed by atoms with E-state index in [9.17, 15) is 10.1 Å². The fourth-order valence-electron chi connectivity index (χ4n) is 3.88. The molecule has 1 saturated heterocycles. The molecule has 1 aliphatic heterocycles. The quantitative estimate of drug-likeness (QED) is 0.689. The molecule has 0 saturated carbocycles. The summed E-state index contributed by atoms with van der Waals surface area (Å²) >= 11 is 0. The fraction of sp³-hybridized carbons (Fsp3) is 0.417. The number of allylic oxidation sites excluding steroid dienone is 2. The summed E-state index contributed by atoms with van der Waals surface area (Å²) < 4.78 is 16.8. The lowest BCUT2D eigenvalue weighted by atomic mass is 10.1. The Hall–Kier alpha value is -3.44. The summed E-state index contributed by atoms with van der Waals surface area (Å²) in [6, 6.07) is 7.66. The summed E-state index contributed by atoms with van der Waals surface area (Å²) in [5, 5.41) is 9.43. The van der Waals surface area contributed by atoms with Crippen molar-refractivity contribution in [1.29, 1.82) is 5.26 Å². The van der Waals surface area contributed by atoms with Crippen LogP contribution < -0.4 is 9.47 Å². The second-order valence-electron chi connectivity index (χ2n) is 7.97. The maximum absolute atomic E-state index is 12.8. The van der Waals surface area contributed by atoms with Crippen LogP contribution in [0.3, 0.4) is 0 Å². The van der Waals surface area contributed by atoms with Gasteiger partial charge in [-0.1, -0.05) is 12.1 Å². The summed E-state index contributed by atoms with van der Waals surface area (Å²) in [5.74, 6) is 1.59. The van der Waals surface area contributed by atoms with E-state index in [1.807, 2.05) is 32.1 Å². The zero-order valence-electron chi connectivity index (χ0n) is 18.6. The van der Waals surface area contributed by atoms with Crippen molar-refractivity contribution in [2.24, 2.45) is 0 Å². The molecule has 1 fully saturated rings. The third-order valence-electron chi connectivity index (χ3n) is 5.41. The Labute approximate surface area is 187 Å². The molecule has 2 heterocycles. The molecule has 166 valence electrons. The van der Waals surface area contributed by atoms with Crippen LogP contribution in [0.2, 0.25) is 0 Å². The number of carbonyl (C=O) groups excluding carboxylic acids is 1. The van der Waals surface area contributed by atoms with Crippen molar-refractivity contribution in [3.05, 3.63) is 52.5 Å². The SMILES string of the molecule is COc1cc(C(=O)N2CCOCC2)ccc1Cc1nc2c(c(OC(C)C)n1)C(C#N)=CC2. The highest BCUT2D eigenvalue weighted by Gasteiger charge is 2.25. The number of aromatic nitrogens is 2. The van der Waals surface area contributed by atoms with Gasteiger partial charge < -0.3 is 19.1 Å². The molecule has 0 spiro atoms. The van der Waals surface area contributed by atoms with Crippen molar-refractivity contribution in [2.45, 2.75) is 32.8 Å². The van der Waals surface area contributed by atoms with E-state index in [0.29, 0.717) is 73.3 Å². The molecule has 2 aliphatic rings. The maximum atomic E-state index is 12.8. The molecule has 1 aliphatic carbocycles. The van der Waals surface area contributed by atoms with E-state index in [0.717, 1.165) is 11.3 Å². The van der Waals surface area contributed by atoms with Crippen LogP contribution in [-0.4, -0.2) is 60.3 Å². The molecule has 1 amide bonds. The van der Waals surface area contributed by atoms with Crippen LogP contribution in [-0.2, 0) is 17.6 Å². The minimum absolute atomic E-state index is 0.0327. The van der Waals surface area contributed by atoms with E-state index in [1.165, 1.54) is 0 Å². The summed E-state index contributed by atoms with van der Waals surface area (Å²) in [4.78, 5) is 23.9. The first-order chi connectivity index (χ1) is 15.5. The van der Waals surface area contributed by atoms with E-state index in [1.54, 1.807) is 18.1 Å². The first-order valence-electron chi connectivity index (χ1n) is 10.7. The summed E-state index contributed by atoms with van der Waals surface area (Å²) in [6.45, 7) is 6.13. The van der Waals surface area contributed by atoms with Crippen LogP contribution >= 0.6 is 0 Å². The van der Waals surface area contributed by atoms with Crippen molar-refractivity contribution >= 4 is 11.5 Å². The zero-order chi connectivity index (χ0) is 22.7. The first kappa shape index (κ1) is 21.8. The Bertz CT molecular complexity index is 1100. The van der Waals surface area contributed by atoms with Gasteiger partial charge in [0, 0.05) is 37.1 Å². The van der Waals surface area contributed by atoms with Gasteiger partial charge in [0.2, 0.25) is 5.88 Å². The van der Waals surface area contributed by atoms with Gasteiger partial charge >= 0.3 is 0 Å². The van der Waals surface area contributed by atoms with E-state index in [2.05, 4.69) is 16.0 Å². The second-order valence-corrected chi connectivity index (χ2v) is 7.97. The van der Waals surface area contributed by atoms with Crippen LogP contribution in [0, 0.1) is 11.3 Å². The van der Waals surface area contributed by atoms with Gasteiger partial charge in [-0.05, 0) is 26.0 Å². The van der Waals surface area contributed by atoms with Gasteiger partial charge in [0.15, 0.2) is 0 Å². The molecule has 32 heavy (non-hydrogen) atoms. The van der Waals surface area contributed by atoms with Crippen LogP contribution in [0.25, 0.3) is 5.57 Å². The van der Waals surface area contributed by atoms with Crippen molar-refractivity contribution in [3.63, 3.8) is 0 Å². The first-order valence-corrected chi connectivity index (χ1v) is 10.7. The minimum atomic E-state index is -0.0811. The van der Waals surface area contributed by atoms with Gasteiger partial charge in [0.05, 0.1) is 49.3 Å². The number of methoxy groups -OCH3 is 1.